The normalized spacial score (nSPS) is 24.2. The lowest BCUT2D eigenvalue weighted by atomic mass is 10.1. The Kier molecular flexibility index (Phi) is 4.32. The predicted octanol–water partition coefficient (Wildman–Crippen LogP) is 3.35. The van der Waals surface area contributed by atoms with Crippen LogP contribution < -0.4 is 4.90 Å². The summed E-state index contributed by atoms with van der Waals surface area (Å²) in [4.78, 5) is 17.5. The SMILES string of the molecule is CN1CCN(c2c(CN3CCCC3c3ccccn3)nc3ccccn23)CC12CC2. The Morgan fingerprint density at radius 2 is 1.97 bits per heavy atom. The van der Waals surface area contributed by atoms with Gasteiger partial charge in [0, 0.05) is 44.1 Å². The zero-order valence-electron chi connectivity index (χ0n) is 17.7. The van der Waals surface area contributed by atoms with Gasteiger partial charge in [-0.15, -0.1) is 0 Å². The fourth-order valence-electron chi connectivity index (χ4n) is 5.52. The van der Waals surface area contributed by atoms with Crippen LogP contribution in [-0.4, -0.2) is 62.9 Å². The van der Waals surface area contributed by atoms with Gasteiger partial charge in [-0.3, -0.25) is 19.2 Å². The molecule has 3 fully saturated rings. The van der Waals surface area contributed by atoms with E-state index in [1.54, 1.807) is 0 Å². The van der Waals surface area contributed by atoms with E-state index in [0.29, 0.717) is 11.6 Å². The Labute approximate surface area is 178 Å². The molecule has 2 aliphatic heterocycles. The molecule has 1 atom stereocenters. The first-order chi connectivity index (χ1) is 14.7. The van der Waals surface area contributed by atoms with E-state index in [-0.39, 0.29) is 0 Å². The van der Waals surface area contributed by atoms with Gasteiger partial charge in [0.2, 0.25) is 0 Å². The number of piperazine rings is 1. The summed E-state index contributed by atoms with van der Waals surface area (Å²) >= 11 is 0. The number of likely N-dealkylation sites (tertiary alicyclic amines) is 1. The number of hydrogen-bond donors (Lipinski definition) is 0. The molecule has 0 aromatic carbocycles. The number of aromatic nitrogens is 3. The second-order valence-electron chi connectivity index (χ2n) is 9.26. The molecule has 6 rings (SSSR count). The Balaban J connectivity index is 1.35. The van der Waals surface area contributed by atoms with E-state index < -0.39 is 0 Å². The Morgan fingerprint density at radius 1 is 1.07 bits per heavy atom. The van der Waals surface area contributed by atoms with Crippen LogP contribution in [0.5, 0.6) is 0 Å². The first-order valence-corrected chi connectivity index (χ1v) is 11.3. The number of imidazole rings is 1. The molecular weight excluding hydrogens is 372 g/mol. The Bertz CT molecular complexity index is 1040. The van der Waals surface area contributed by atoms with Crippen molar-refractivity contribution in [2.45, 2.75) is 43.8 Å². The summed E-state index contributed by atoms with van der Waals surface area (Å²) in [6.07, 6.45) is 9.14. The van der Waals surface area contributed by atoms with Crippen LogP contribution in [0.25, 0.3) is 5.65 Å². The third kappa shape index (κ3) is 3.01. The van der Waals surface area contributed by atoms with Crippen LogP contribution in [0.3, 0.4) is 0 Å². The number of anilines is 1. The van der Waals surface area contributed by atoms with Gasteiger partial charge in [0.1, 0.15) is 11.5 Å². The molecule has 2 saturated heterocycles. The summed E-state index contributed by atoms with van der Waals surface area (Å²) in [6, 6.07) is 13.0. The van der Waals surface area contributed by atoms with E-state index in [4.69, 9.17) is 4.98 Å². The van der Waals surface area contributed by atoms with Crippen LogP contribution >= 0.6 is 0 Å². The van der Waals surface area contributed by atoms with Crippen molar-refractivity contribution in [3.63, 3.8) is 0 Å². The van der Waals surface area contributed by atoms with E-state index in [1.165, 1.54) is 42.9 Å². The van der Waals surface area contributed by atoms with Crippen LogP contribution in [0.15, 0.2) is 48.8 Å². The van der Waals surface area contributed by atoms with Crippen molar-refractivity contribution in [1.82, 2.24) is 24.2 Å². The molecule has 1 unspecified atom stereocenters. The highest BCUT2D eigenvalue weighted by molar-refractivity contribution is 5.57. The van der Waals surface area contributed by atoms with Gasteiger partial charge in [0.05, 0.1) is 17.4 Å². The number of likely N-dealkylation sites (N-methyl/N-ethyl adjacent to an activating group) is 1. The first-order valence-electron chi connectivity index (χ1n) is 11.3. The van der Waals surface area contributed by atoms with Gasteiger partial charge in [0.15, 0.2) is 0 Å². The molecule has 1 spiro atoms. The molecule has 156 valence electrons. The van der Waals surface area contributed by atoms with Gasteiger partial charge in [-0.25, -0.2) is 4.98 Å². The Hall–Kier alpha value is -2.44. The fraction of sp³-hybridized carbons (Fsp3) is 0.500. The van der Waals surface area contributed by atoms with Gasteiger partial charge in [0.25, 0.3) is 0 Å². The highest BCUT2D eigenvalue weighted by Gasteiger charge is 2.50. The average Bonchev–Trinajstić information content (AvgIpc) is 3.23. The maximum absolute atomic E-state index is 5.11. The third-order valence-electron chi connectivity index (χ3n) is 7.45. The average molecular weight is 403 g/mol. The minimum absolute atomic E-state index is 0.387. The molecule has 3 aliphatic rings. The fourth-order valence-corrected chi connectivity index (χ4v) is 5.52. The molecule has 30 heavy (non-hydrogen) atoms. The number of fused-ring (bicyclic) bond motifs is 1. The maximum atomic E-state index is 5.11. The molecule has 5 heterocycles. The van der Waals surface area contributed by atoms with E-state index in [1.807, 2.05) is 12.3 Å². The van der Waals surface area contributed by atoms with Crippen molar-refractivity contribution in [3.8, 4) is 0 Å². The molecule has 6 nitrogen and oxygen atoms in total. The molecule has 0 N–H and O–H groups in total. The van der Waals surface area contributed by atoms with Crippen molar-refractivity contribution in [3.05, 3.63) is 60.2 Å². The zero-order chi connectivity index (χ0) is 20.1. The van der Waals surface area contributed by atoms with Crippen LogP contribution in [-0.2, 0) is 6.54 Å². The van der Waals surface area contributed by atoms with Gasteiger partial charge in [-0.05, 0) is 63.5 Å². The van der Waals surface area contributed by atoms with E-state index in [0.717, 1.165) is 38.4 Å². The first kappa shape index (κ1) is 18.3. The van der Waals surface area contributed by atoms with Crippen LogP contribution in [0.4, 0.5) is 5.82 Å². The van der Waals surface area contributed by atoms with Crippen LogP contribution in [0.2, 0.25) is 0 Å². The predicted molar refractivity (Wildman–Crippen MR) is 119 cm³/mol. The number of pyridine rings is 2. The molecule has 0 bridgehead atoms. The van der Waals surface area contributed by atoms with Gasteiger partial charge < -0.3 is 4.90 Å². The topological polar surface area (TPSA) is 39.9 Å². The van der Waals surface area contributed by atoms with Crippen molar-refractivity contribution in [2.75, 3.05) is 38.1 Å². The summed E-state index contributed by atoms with van der Waals surface area (Å²) in [5.74, 6) is 1.30. The highest BCUT2D eigenvalue weighted by Crippen LogP contribution is 2.45. The lowest BCUT2D eigenvalue weighted by molar-refractivity contribution is 0.197. The van der Waals surface area contributed by atoms with E-state index in [9.17, 15) is 0 Å². The van der Waals surface area contributed by atoms with Crippen LogP contribution in [0, 0.1) is 0 Å². The third-order valence-corrected chi connectivity index (χ3v) is 7.45. The lowest BCUT2D eigenvalue weighted by Gasteiger charge is -2.41. The zero-order valence-corrected chi connectivity index (χ0v) is 17.7. The Morgan fingerprint density at radius 3 is 2.80 bits per heavy atom. The molecule has 1 saturated carbocycles. The lowest BCUT2D eigenvalue weighted by Crippen LogP contribution is -2.53. The summed E-state index contributed by atoms with van der Waals surface area (Å²) < 4.78 is 2.31. The summed E-state index contributed by atoms with van der Waals surface area (Å²) in [7, 11) is 2.29. The molecule has 0 amide bonds. The quantitative estimate of drug-likeness (QED) is 0.669. The highest BCUT2D eigenvalue weighted by atomic mass is 15.4. The van der Waals surface area contributed by atoms with Crippen molar-refractivity contribution in [2.24, 2.45) is 0 Å². The molecule has 6 heteroatoms. The minimum Gasteiger partial charge on any atom is -0.353 e. The number of hydrogen-bond acceptors (Lipinski definition) is 5. The summed E-state index contributed by atoms with van der Waals surface area (Å²) in [5, 5.41) is 0. The molecule has 3 aromatic heterocycles. The van der Waals surface area contributed by atoms with E-state index in [2.05, 4.69) is 67.7 Å². The largest absolute Gasteiger partial charge is 0.353 e. The summed E-state index contributed by atoms with van der Waals surface area (Å²) in [6.45, 7) is 5.30. The van der Waals surface area contributed by atoms with Gasteiger partial charge >= 0.3 is 0 Å². The molecule has 3 aromatic rings. The van der Waals surface area contributed by atoms with Gasteiger partial charge in [-0.1, -0.05) is 12.1 Å². The maximum Gasteiger partial charge on any atom is 0.138 e. The standard InChI is InChI=1S/C24H30N6/c1-27-15-16-29(18-24(27)10-11-24)23-20(26-22-9-3-5-14-30(22)23)17-28-13-6-8-21(28)19-7-2-4-12-25-19/h2-5,7,9,12,14,21H,6,8,10-11,13,15-18H2,1H3. The molecule has 0 radical (unpaired) electrons. The number of rotatable bonds is 4. The van der Waals surface area contributed by atoms with Crippen molar-refractivity contribution in [1.29, 1.82) is 0 Å². The minimum atomic E-state index is 0.387. The second kappa shape index (κ2) is 7.06. The van der Waals surface area contributed by atoms with Crippen LogP contribution in [0.1, 0.15) is 43.1 Å². The second-order valence-corrected chi connectivity index (χ2v) is 9.26. The number of nitrogens with zero attached hydrogens (tertiary/aromatic N) is 6. The van der Waals surface area contributed by atoms with E-state index >= 15 is 0 Å². The molecular formula is C24H30N6. The molecule has 1 aliphatic carbocycles. The monoisotopic (exact) mass is 402 g/mol. The smallest absolute Gasteiger partial charge is 0.138 e. The summed E-state index contributed by atoms with van der Waals surface area (Å²) in [5.41, 5.74) is 3.85. The van der Waals surface area contributed by atoms with Gasteiger partial charge in [-0.2, -0.15) is 0 Å². The van der Waals surface area contributed by atoms with Crippen molar-refractivity contribution >= 4 is 11.5 Å². The van der Waals surface area contributed by atoms with Crippen molar-refractivity contribution < 1.29 is 0 Å².